The third-order valence-corrected chi connectivity index (χ3v) is 6.34. The van der Waals surface area contributed by atoms with E-state index in [0.29, 0.717) is 23.0 Å². The van der Waals surface area contributed by atoms with Crippen molar-refractivity contribution in [3.05, 3.63) is 59.1 Å². The fourth-order valence-corrected chi connectivity index (χ4v) is 4.66. The molecule has 2 aromatic carbocycles. The molecule has 0 unspecified atom stereocenters. The van der Waals surface area contributed by atoms with E-state index in [4.69, 9.17) is 11.6 Å². The average Bonchev–Trinajstić information content (AvgIpc) is 2.59. The van der Waals surface area contributed by atoms with Crippen LogP contribution in [0.2, 0.25) is 5.02 Å². The molecule has 0 spiro atoms. The van der Waals surface area contributed by atoms with E-state index < -0.39 is 16.1 Å². The van der Waals surface area contributed by atoms with E-state index in [9.17, 15) is 13.2 Å². The maximum absolute atomic E-state index is 12.5. The van der Waals surface area contributed by atoms with Gasteiger partial charge < -0.3 is 5.32 Å². The zero-order valence-electron chi connectivity index (χ0n) is 15.5. The zero-order valence-corrected chi connectivity index (χ0v) is 17.9. The second kappa shape index (κ2) is 9.48. The molecule has 0 saturated heterocycles. The van der Waals surface area contributed by atoms with E-state index >= 15 is 0 Å². The van der Waals surface area contributed by atoms with Crippen LogP contribution in [0.25, 0.3) is 0 Å². The Balaban J connectivity index is 1.97. The number of hydrogen-bond acceptors (Lipinski definition) is 4. The van der Waals surface area contributed by atoms with Crippen LogP contribution in [0.5, 0.6) is 0 Å². The van der Waals surface area contributed by atoms with Crippen molar-refractivity contribution in [1.82, 2.24) is 5.32 Å². The molecule has 2 aromatic rings. The number of amides is 1. The predicted octanol–water partition coefficient (Wildman–Crippen LogP) is 3.71. The van der Waals surface area contributed by atoms with Gasteiger partial charge in [-0.05, 0) is 55.8 Å². The summed E-state index contributed by atoms with van der Waals surface area (Å²) in [6.45, 7) is 3.90. The fourth-order valence-electron chi connectivity index (χ4n) is 2.60. The molecule has 0 aliphatic carbocycles. The number of anilines is 1. The molecule has 1 N–H and O–H groups in total. The minimum absolute atomic E-state index is 0.335. The summed E-state index contributed by atoms with van der Waals surface area (Å²) in [5.74, 6) is 0.335. The van der Waals surface area contributed by atoms with Gasteiger partial charge in [0.1, 0.15) is 6.04 Å². The number of nitrogens with zero attached hydrogens (tertiary/aromatic N) is 1. The number of rotatable bonds is 8. The van der Waals surface area contributed by atoms with E-state index in [0.717, 1.165) is 21.0 Å². The minimum atomic E-state index is -3.60. The van der Waals surface area contributed by atoms with Crippen LogP contribution in [0.3, 0.4) is 0 Å². The van der Waals surface area contributed by atoms with Crippen LogP contribution < -0.4 is 9.62 Å². The van der Waals surface area contributed by atoms with Gasteiger partial charge in [-0.2, -0.15) is 0 Å². The zero-order chi connectivity index (χ0) is 20.0. The van der Waals surface area contributed by atoms with Crippen LogP contribution in [-0.2, 0) is 14.8 Å². The topological polar surface area (TPSA) is 66.5 Å². The smallest absolute Gasteiger partial charge is 0.243 e. The highest BCUT2D eigenvalue weighted by molar-refractivity contribution is 7.99. The molecule has 1 amide bonds. The summed E-state index contributed by atoms with van der Waals surface area (Å²) in [5.41, 5.74) is 1.41. The summed E-state index contributed by atoms with van der Waals surface area (Å²) in [5, 5.41) is 3.49. The third kappa shape index (κ3) is 6.45. The Morgan fingerprint density at radius 2 is 1.89 bits per heavy atom. The van der Waals surface area contributed by atoms with Crippen LogP contribution >= 0.6 is 23.4 Å². The lowest BCUT2D eigenvalue weighted by atomic mass is 10.2. The number of carbonyl (C=O) groups excluding carboxylic acids is 1. The van der Waals surface area contributed by atoms with Gasteiger partial charge >= 0.3 is 0 Å². The molecule has 8 heteroatoms. The van der Waals surface area contributed by atoms with Crippen LogP contribution in [-0.4, -0.2) is 38.9 Å². The lowest BCUT2D eigenvalue weighted by Crippen LogP contribution is -2.48. The van der Waals surface area contributed by atoms with Crippen molar-refractivity contribution in [2.24, 2.45) is 0 Å². The maximum Gasteiger partial charge on any atom is 0.243 e. The highest BCUT2D eigenvalue weighted by Crippen LogP contribution is 2.22. The van der Waals surface area contributed by atoms with Gasteiger partial charge in [0.05, 0.1) is 11.9 Å². The molecule has 146 valence electrons. The highest BCUT2D eigenvalue weighted by Gasteiger charge is 2.28. The predicted molar refractivity (Wildman–Crippen MR) is 113 cm³/mol. The number of benzene rings is 2. The molecule has 0 aliphatic heterocycles. The monoisotopic (exact) mass is 426 g/mol. The third-order valence-electron chi connectivity index (χ3n) is 3.83. The number of aryl methyl sites for hydroxylation is 1. The molecule has 27 heavy (non-hydrogen) atoms. The van der Waals surface area contributed by atoms with Crippen molar-refractivity contribution in [3.63, 3.8) is 0 Å². The van der Waals surface area contributed by atoms with Crippen molar-refractivity contribution >= 4 is 45.0 Å². The molecule has 0 heterocycles. The summed E-state index contributed by atoms with van der Waals surface area (Å²) in [7, 11) is -3.60. The summed E-state index contributed by atoms with van der Waals surface area (Å²) < 4.78 is 25.7. The minimum Gasteiger partial charge on any atom is -0.353 e. The number of thioether (sulfide) groups is 1. The normalized spacial score (nSPS) is 12.4. The summed E-state index contributed by atoms with van der Waals surface area (Å²) in [4.78, 5) is 13.6. The van der Waals surface area contributed by atoms with E-state index in [1.165, 1.54) is 0 Å². The number of nitrogens with one attached hydrogen (secondary N) is 1. The number of hydrogen-bond donors (Lipinski definition) is 1. The number of halogens is 1. The molecule has 0 aliphatic rings. The van der Waals surface area contributed by atoms with Crippen molar-refractivity contribution < 1.29 is 13.2 Å². The lowest BCUT2D eigenvalue weighted by Gasteiger charge is -2.28. The molecule has 5 nitrogen and oxygen atoms in total. The summed E-state index contributed by atoms with van der Waals surface area (Å²) in [6, 6.07) is 13.7. The van der Waals surface area contributed by atoms with Gasteiger partial charge in [-0.3, -0.25) is 9.10 Å². The van der Waals surface area contributed by atoms with Gasteiger partial charge in [-0.1, -0.05) is 23.7 Å². The standard InChI is InChI=1S/C19H23ClN2O3S2/c1-14-5-4-6-17(13-14)22(27(3,24)25)15(2)19(23)21-11-12-26-18-9-7-16(20)8-10-18/h4-10,13,15H,11-12H2,1-3H3,(H,21,23)/t15-/m1/s1. The van der Waals surface area contributed by atoms with Crippen LogP contribution in [0.15, 0.2) is 53.4 Å². The van der Waals surface area contributed by atoms with Gasteiger partial charge in [0, 0.05) is 22.2 Å². The van der Waals surface area contributed by atoms with E-state index in [1.807, 2.05) is 37.3 Å². The Morgan fingerprint density at radius 3 is 2.48 bits per heavy atom. The van der Waals surface area contributed by atoms with Gasteiger partial charge in [0.25, 0.3) is 0 Å². The van der Waals surface area contributed by atoms with E-state index in [1.54, 1.807) is 36.9 Å². The SMILES string of the molecule is Cc1cccc(N([C@H](C)C(=O)NCCSc2ccc(Cl)cc2)S(C)(=O)=O)c1. The molecular formula is C19H23ClN2O3S2. The Morgan fingerprint density at radius 1 is 1.22 bits per heavy atom. The largest absolute Gasteiger partial charge is 0.353 e. The summed E-state index contributed by atoms with van der Waals surface area (Å²) >= 11 is 7.45. The Kier molecular flexibility index (Phi) is 7.59. The first-order valence-corrected chi connectivity index (χ1v) is 11.6. The molecule has 0 saturated carbocycles. The van der Waals surface area contributed by atoms with Gasteiger partial charge in [0.2, 0.25) is 15.9 Å². The number of carbonyl (C=O) groups is 1. The molecular weight excluding hydrogens is 404 g/mol. The maximum atomic E-state index is 12.5. The quantitative estimate of drug-likeness (QED) is 0.516. The molecule has 0 bridgehead atoms. The second-order valence-electron chi connectivity index (χ2n) is 6.17. The average molecular weight is 427 g/mol. The van der Waals surface area contributed by atoms with Gasteiger partial charge in [0.15, 0.2) is 0 Å². The first-order chi connectivity index (χ1) is 12.7. The van der Waals surface area contributed by atoms with E-state index in [-0.39, 0.29) is 5.91 Å². The first kappa shape index (κ1) is 21.6. The highest BCUT2D eigenvalue weighted by atomic mass is 35.5. The molecule has 0 fully saturated rings. The molecule has 0 radical (unpaired) electrons. The fraction of sp³-hybridized carbons (Fsp3) is 0.316. The van der Waals surface area contributed by atoms with Crippen LogP contribution in [0.4, 0.5) is 5.69 Å². The van der Waals surface area contributed by atoms with Gasteiger partial charge in [-0.15, -0.1) is 11.8 Å². The Bertz CT molecular complexity index is 886. The van der Waals surface area contributed by atoms with Crippen molar-refractivity contribution in [1.29, 1.82) is 0 Å². The lowest BCUT2D eigenvalue weighted by molar-refractivity contribution is -0.121. The second-order valence-corrected chi connectivity index (χ2v) is 9.63. The van der Waals surface area contributed by atoms with Crippen molar-refractivity contribution in [2.75, 3.05) is 22.9 Å². The van der Waals surface area contributed by atoms with E-state index in [2.05, 4.69) is 5.32 Å². The molecule has 2 rings (SSSR count). The molecule has 0 aromatic heterocycles. The summed E-state index contributed by atoms with van der Waals surface area (Å²) in [6.07, 6.45) is 1.11. The van der Waals surface area contributed by atoms with Crippen LogP contribution in [0.1, 0.15) is 12.5 Å². The van der Waals surface area contributed by atoms with Gasteiger partial charge in [-0.25, -0.2) is 8.42 Å². The van der Waals surface area contributed by atoms with Crippen molar-refractivity contribution in [2.45, 2.75) is 24.8 Å². The Labute approximate surface area is 170 Å². The first-order valence-electron chi connectivity index (χ1n) is 8.40. The Hall–Kier alpha value is -1.70. The van der Waals surface area contributed by atoms with Crippen molar-refractivity contribution in [3.8, 4) is 0 Å². The number of sulfonamides is 1. The molecule has 1 atom stereocenters. The van der Waals surface area contributed by atoms with Crippen LogP contribution in [0, 0.1) is 6.92 Å².